The lowest BCUT2D eigenvalue weighted by atomic mass is 10.1. The maximum atomic E-state index is 12.0. The highest BCUT2D eigenvalue weighted by Crippen LogP contribution is 2.32. The number of benzene rings is 2. The van der Waals surface area contributed by atoms with Gasteiger partial charge in [0, 0.05) is 10.6 Å². The van der Waals surface area contributed by atoms with E-state index >= 15 is 0 Å². The van der Waals surface area contributed by atoms with Crippen molar-refractivity contribution in [1.82, 2.24) is 0 Å². The summed E-state index contributed by atoms with van der Waals surface area (Å²) in [5.41, 5.74) is 2.78. The molecule has 7 heteroatoms. The minimum atomic E-state index is -4.26. The molecule has 2 aromatic carbocycles. The summed E-state index contributed by atoms with van der Waals surface area (Å²) in [7, 11) is -4.26. The molecule has 0 aliphatic heterocycles. The van der Waals surface area contributed by atoms with E-state index < -0.39 is 10.1 Å². The Bertz CT molecular complexity index is 1140. The molecule has 0 atom stereocenters. The van der Waals surface area contributed by atoms with Crippen LogP contribution in [-0.4, -0.2) is 18.8 Å². The second-order valence-electron chi connectivity index (χ2n) is 5.84. The summed E-state index contributed by atoms with van der Waals surface area (Å²) in [6.45, 7) is 0. The standard InChI is InChI=1S/C21H15ClO4S2/c22-18-9-3-16(4-10-18)6-12-19(23)11-5-15-1-7-17(8-2-15)20-13-14-27-21(20)28(24,25)26/h1-14H,(H,24,25,26)/b11-5+,12-6+. The third kappa shape index (κ3) is 5.27. The van der Waals surface area contributed by atoms with Crippen molar-refractivity contribution < 1.29 is 17.8 Å². The first-order valence-corrected chi connectivity index (χ1v) is 10.8. The number of halogens is 1. The number of thiophene rings is 1. The van der Waals surface area contributed by atoms with E-state index in [1.54, 1.807) is 60.0 Å². The molecule has 3 aromatic rings. The van der Waals surface area contributed by atoms with E-state index in [0.717, 1.165) is 22.5 Å². The van der Waals surface area contributed by atoms with Gasteiger partial charge in [0.2, 0.25) is 0 Å². The third-order valence-electron chi connectivity index (χ3n) is 3.84. The van der Waals surface area contributed by atoms with Gasteiger partial charge >= 0.3 is 10.1 Å². The molecule has 28 heavy (non-hydrogen) atoms. The quantitative estimate of drug-likeness (QED) is 0.407. The summed E-state index contributed by atoms with van der Waals surface area (Å²) < 4.78 is 32.0. The summed E-state index contributed by atoms with van der Waals surface area (Å²) in [5, 5.41) is 2.25. The van der Waals surface area contributed by atoms with Gasteiger partial charge in [0.25, 0.3) is 0 Å². The van der Waals surface area contributed by atoms with Gasteiger partial charge in [-0.3, -0.25) is 9.35 Å². The molecule has 1 heterocycles. The molecule has 0 amide bonds. The van der Waals surface area contributed by atoms with Crippen molar-refractivity contribution >= 4 is 51.0 Å². The Morgan fingerprint density at radius 1 is 0.893 bits per heavy atom. The zero-order valence-electron chi connectivity index (χ0n) is 14.4. The predicted molar refractivity (Wildman–Crippen MR) is 114 cm³/mol. The van der Waals surface area contributed by atoms with Crippen LogP contribution in [0.3, 0.4) is 0 Å². The largest absolute Gasteiger partial charge is 0.304 e. The van der Waals surface area contributed by atoms with Crippen molar-refractivity contribution in [1.29, 1.82) is 0 Å². The molecule has 0 aliphatic rings. The number of rotatable bonds is 6. The molecular formula is C21H15ClO4S2. The average molecular weight is 431 g/mol. The third-order valence-corrected chi connectivity index (χ3v) is 6.40. The number of hydrogen-bond acceptors (Lipinski definition) is 4. The smallest absolute Gasteiger partial charge is 0.290 e. The molecule has 0 radical (unpaired) electrons. The summed E-state index contributed by atoms with van der Waals surface area (Å²) in [4.78, 5) is 12.0. The monoisotopic (exact) mass is 430 g/mol. The fraction of sp³-hybridized carbons (Fsp3) is 0. The Kier molecular flexibility index (Phi) is 6.26. The molecule has 0 saturated carbocycles. The van der Waals surface area contributed by atoms with E-state index in [1.165, 1.54) is 12.2 Å². The van der Waals surface area contributed by atoms with Crippen LogP contribution in [0.1, 0.15) is 11.1 Å². The van der Waals surface area contributed by atoms with Crippen LogP contribution in [-0.2, 0) is 14.9 Å². The van der Waals surface area contributed by atoms with Crippen LogP contribution in [0.25, 0.3) is 23.3 Å². The van der Waals surface area contributed by atoms with E-state index in [0.29, 0.717) is 16.1 Å². The summed E-state index contributed by atoms with van der Waals surface area (Å²) in [6, 6.07) is 15.8. The van der Waals surface area contributed by atoms with Crippen LogP contribution in [0.5, 0.6) is 0 Å². The van der Waals surface area contributed by atoms with Gasteiger partial charge in [-0.1, -0.05) is 60.2 Å². The lowest BCUT2D eigenvalue weighted by Crippen LogP contribution is -1.96. The highest BCUT2D eigenvalue weighted by Gasteiger charge is 2.18. The number of carbonyl (C=O) groups excluding carboxylic acids is 1. The Morgan fingerprint density at radius 3 is 1.96 bits per heavy atom. The molecule has 4 nitrogen and oxygen atoms in total. The van der Waals surface area contributed by atoms with E-state index in [2.05, 4.69) is 0 Å². The van der Waals surface area contributed by atoms with Gasteiger partial charge < -0.3 is 0 Å². The van der Waals surface area contributed by atoms with Crippen molar-refractivity contribution in [2.75, 3.05) is 0 Å². The van der Waals surface area contributed by atoms with Gasteiger partial charge in [-0.2, -0.15) is 8.42 Å². The first kappa shape index (κ1) is 20.2. The highest BCUT2D eigenvalue weighted by atomic mass is 35.5. The van der Waals surface area contributed by atoms with Crippen LogP contribution < -0.4 is 0 Å². The number of hydrogen-bond donors (Lipinski definition) is 1. The average Bonchev–Trinajstić information content (AvgIpc) is 3.17. The van der Waals surface area contributed by atoms with Crippen LogP contribution in [0, 0.1) is 0 Å². The molecular weight excluding hydrogens is 416 g/mol. The van der Waals surface area contributed by atoms with Gasteiger partial charge in [0.05, 0.1) is 0 Å². The second-order valence-corrected chi connectivity index (χ2v) is 8.81. The van der Waals surface area contributed by atoms with Crippen molar-refractivity contribution in [3.8, 4) is 11.1 Å². The molecule has 142 valence electrons. The van der Waals surface area contributed by atoms with Crippen molar-refractivity contribution in [2.24, 2.45) is 0 Å². The summed E-state index contributed by atoms with van der Waals surface area (Å²) in [6.07, 6.45) is 6.31. The molecule has 3 rings (SSSR count). The molecule has 1 N–H and O–H groups in total. The van der Waals surface area contributed by atoms with Crippen molar-refractivity contribution in [2.45, 2.75) is 4.21 Å². The van der Waals surface area contributed by atoms with Gasteiger partial charge in [0.1, 0.15) is 0 Å². The Balaban J connectivity index is 1.69. The molecule has 0 aliphatic carbocycles. The molecule has 0 fully saturated rings. The maximum Gasteiger partial charge on any atom is 0.304 e. The van der Waals surface area contributed by atoms with Crippen molar-refractivity contribution in [3.05, 3.63) is 88.3 Å². The Hall–Kier alpha value is -2.51. The van der Waals surface area contributed by atoms with Gasteiger partial charge in [-0.05, 0) is 52.4 Å². The fourth-order valence-corrected chi connectivity index (χ4v) is 4.35. The lowest BCUT2D eigenvalue weighted by molar-refractivity contribution is -0.110. The zero-order chi connectivity index (χ0) is 20.1. The summed E-state index contributed by atoms with van der Waals surface area (Å²) >= 11 is 6.79. The normalized spacial score (nSPS) is 12.1. The van der Waals surface area contributed by atoms with E-state index in [-0.39, 0.29) is 9.99 Å². The van der Waals surface area contributed by atoms with Crippen LogP contribution in [0.2, 0.25) is 5.02 Å². The van der Waals surface area contributed by atoms with Crippen LogP contribution in [0.15, 0.2) is 76.3 Å². The number of carbonyl (C=O) groups is 1. The molecule has 0 spiro atoms. The second kappa shape index (κ2) is 8.67. The van der Waals surface area contributed by atoms with Crippen molar-refractivity contribution in [3.63, 3.8) is 0 Å². The highest BCUT2D eigenvalue weighted by molar-refractivity contribution is 7.88. The zero-order valence-corrected chi connectivity index (χ0v) is 16.8. The minimum Gasteiger partial charge on any atom is -0.290 e. The van der Waals surface area contributed by atoms with Gasteiger partial charge in [-0.25, -0.2) is 0 Å². The predicted octanol–water partition coefficient (Wildman–Crippen LogP) is 5.61. The first-order valence-electron chi connectivity index (χ1n) is 8.14. The molecule has 0 bridgehead atoms. The van der Waals surface area contributed by atoms with E-state index in [9.17, 15) is 17.8 Å². The number of ketones is 1. The molecule has 0 saturated heterocycles. The maximum absolute atomic E-state index is 12.0. The lowest BCUT2D eigenvalue weighted by Gasteiger charge is -2.02. The van der Waals surface area contributed by atoms with E-state index in [4.69, 9.17) is 11.6 Å². The van der Waals surface area contributed by atoms with Crippen LogP contribution in [0.4, 0.5) is 0 Å². The minimum absolute atomic E-state index is 0.0849. The topological polar surface area (TPSA) is 71.4 Å². The Labute approximate surface area is 172 Å². The van der Waals surface area contributed by atoms with Gasteiger partial charge in [0.15, 0.2) is 9.99 Å². The fourth-order valence-electron chi connectivity index (χ4n) is 2.47. The van der Waals surface area contributed by atoms with Crippen LogP contribution >= 0.6 is 22.9 Å². The van der Waals surface area contributed by atoms with Gasteiger partial charge in [-0.15, -0.1) is 11.3 Å². The van der Waals surface area contributed by atoms with E-state index in [1.807, 2.05) is 12.1 Å². The number of allylic oxidation sites excluding steroid dienone is 2. The molecule has 1 aromatic heterocycles. The SMILES string of the molecule is O=C(/C=C/c1ccc(Cl)cc1)/C=C/c1ccc(-c2ccsc2S(=O)(=O)O)cc1. The summed E-state index contributed by atoms with van der Waals surface area (Å²) in [5.74, 6) is -0.162. The Morgan fingerprint density at radius 2 is 1.43 bits per heavy atom. The molecule has 0 unspecified atom stereocenters. The first-order chi connectivity index (χ1) is 13.3.